The van der Waals surface area contributed by atoms with Crippen molar-refractivity contribution in [2.75, 3.05) is 6.61 Å². The van der Waals surface area contributed by atoms with E-state index in [1.807, 2.05) is 50.2 Å². The predicted octanol–water partition coefficient (Wildman–Crippen LogP) is 6.19. The van der Waals surface area contributed by atoms with Gasteiger partial charge in [0, 0.05) is 14.3 Å². The Labute approximate surface area is 134 Å². The molecule has 3 heteroatoms. The highest BCUT2D eigenvalue weighted by atomic mass is 79.9. The topological polar surface area (TPSA) is 9.23 Å². The summed E-state index contributed by atoms with van der Waals surface area (Å²) in [4.78, 5) is 2.35. The molecule has 2 aromatic rings. The number of halogens is 1. The van der Waals surface area contributed by atoms with Crippen LogP contribution in [0.1, 0.15) is 13.8 Å². The number of hydrogen-bond donors (Lipinski definition) is 0. The second-order valence-corrected chi connectivity index (χ2v) is 5.58. The molecule has 0 saturated carbocycles. The van der Waals surface area contributed by atoms with Gasteiger partial charge in [0.1, 0.15) is 12.4 Å². The molecule has 0 N–H and O–H groups in total. The normalized spacial score (nSPS) is 9.35. The van der Waals surface area contributed by atoms with Gasteiger partial charge < -0.3 is 4.74 Å². The van der Waals surface area contributed by atoms with Crippen LogP contribution in [0.25, 0.3) is 0 Å². The molecule has 0 amide bonds. The molecule has 0 spiro atoms. The van der Waals surface area contributed by atoms with Crippen LogP contribution in [0, 0.1) is 0 Å². The number of hydrogen-bond acceptors (Lipinski definition) is 2. The average Bonchev–Trinajstić information content (AvgIpc) is 2.50. The van der Waals surface area contributed by atoms with Crippen molar-refractivity contribution in [1.82, 2.24) is 0 Å². The molecule has 1 nitrogen and oxygen atoms in total. The third-order valence-electron chi connectivity index (χ3n) is 2.24. The first-order valence-electron chi connectivity index (χ1n) is 6.56. The van der Waals surface area contributed by atoms with E-state index in [1.54, 1.807) is 17.8 Å². The van der Waals surface area contributed by atoms with Gasteiger partial charge in [0.15, 0.2) is 0 Å². The summed E-state index contributed by atoms with van der Waals surface area (Å²) in [6.45, 7) is 8.17. The number of ether oxygens (including phenoxy) is 1. The van der Waals surface area contributed by atoms with Crippen molar-refractivity contribution in [3.8, 4) is 5.75 Å². The lowest BCUT2D eigenvalue weighted by Crippen LogP contribution is -1.92. The van der Waals surface area contributed by atoms with Gasteiger partial charge in [0.25, 0.3) is 0 Å². The van der Waals surface area contributed by atoms with E-state index in [0.29, 0.717) is 6.61 Å². The third-order valence-corrected chi connectivity index (χ3v) is 4.26. The van der Waals surface area contributed by atoms with E-state index in [1.165, 1.54) is 4.90 Å². The molecule has 0 unspecified atom stereocenters. The van der Waals surface area contributed by atoms with Gasteiger partial charge in [0.05, 0.1) is 0 Å². The van der Waals surface area contributed by atoms with E-state index in [-0.39, 0.29) is 0 Å². The molecule has 0 atom stereocenters. The van der Waals surface area contributed by atoms with Gasteiger partial charge >= 0.3 is 0 Å². The van der Waals surface area contributed by atoms with Crippen molar-refractivity contribution < 1.29 is 4.74 Å². The second-order valence-electron chi connectivity index (χ2n) is 3.61. The van der Waals surface area contributed by atoms with E-state index in [2.05, 4.69) is 34.6 Å². The van der Waals surface area contributed by atoms with Crippen LogP contribution in [0.15, 0.2) is 75.4 Å². The van der Waals surface area contributed by atoms with Crippen molar-refractivity contribution in [1.29, 1.82) is 0 Å². The lowest BCUT2D eigenvalue weighted by Gasteiger charge is -2.07. The molecular formula is C17H19BrOS. The van der Waals surface area contributed by atoms with Crippen LogP contribution in [0.4, 0.5) is 0 Å². The molecule has 0 aromatic heterocycles. The summed E-state index contributed by atoms with van der Waals surface area (Å²) in [6, 6.07) is 16.2. The molecule has 0 aliphatic rings. The van der Waals surface area contributed by atoms with Crippen LogP contribution in [-0.2, 0) is 0 Å². The summed E-state index contributed by atoms with van der Waals surface area (Å²) in [7, 11) is 0. The molecule has 0 aliphatic carbocycles. The van der Waals surface area contributed by atoms with Gasteiger partial charge in [0.2, 0.25) is 0 Å². The van der Waals surface area contributed by atoms with E-state index in [4.69, 9.17) is 4.74 Å². The summed E-state index contributed by atoms with van der Waals surface area (Å²) in [5.41, 5.74) is 0. The molecule has 2 rings (SSSR count). The van der Waals surface area contributed by atoms with Crippen molar-refractivity contribution in [2.45, 2.75) is 23.6 Å². The maximum atomic E-state index is 5.52. The highest BCUT2D eigenvalue weighted by molar-refractivity contribution is 9.10. The standard InChI is InChI=1S/C15H13BrOS.C2H6/c1-2-10-17-12-6-5-7-13(11-12)18-15-9-4-3-8-14(15)16;1-2/h2-9,11H,1,10H2;1-2H3. The summed E-state index contributed by atoms with van der Waals surface area (Å²) in [5, 5.41) is 0. The minimum absolute atomic E-state index is 0.531. The Bertz CT molecular complexity index is 540. The van der Waals surface area contributed by atoms with Crippen molar-refractivity contribution in [3.05, 3.63) is 65.7 Å². The van der Waals surface area contributed by atoms with Crippen molar-refractivity contribution in [2.24, 2.45) is 0 Å². The van der Waals surface area contributed by atoms with Crippen LogP contribution >= 0.6 is 27.7 Å². The van der Waals surface area contributed by atoms with Crippen LogP contribution in [-0.4, -0.2) is 6.61 Å². The SMILES string of the molecule is C=CCOc1cccc(Sc2ccccc2Br)c1.CC. The first kappa shape index (κ1) is 16.9. The molecule has 0 bridgehead atoms. The molecular weight excluding hydrogens is 332 g/mol. The van der Waals surface area contributed by atoms with E-state index < -0.39 is 0 Å². The Kier molecular flexibility index (Phi) is 8.16. The van der Waals surface area contributed by atoms with Gasteiger partial charge in [-0.2, -0.15) is 0 Å². The first-order chi connectivity index (χ1) is 9.79. The Hall–Kier alpha value is -1.19. The summed E-state index contributed by atoms with van der Waals surface area (Å²) in [5.74, 6) is 0.868. The molecule has 0 saturated heterocycles. The maximum Gasteiger partial charge on any atom is 0.120 e. The zero-order valence-electron chi connectivity index (χ0n) is 11.8. The average molecular weight is 351 g/mol. The molecule has 106 valence electrons. The third kappa shape index (κ3) is 5.43. The van der Waals surface area contributed by atoms with Gasteiger partial charge in [-0.3, -0.25) is 0 Å². The van der Waals surface area contributed by atoms with Crippen molar-refractivity contribution >= 4 is 27.7 Å². The Morgan fingerprint density at radius 2 is 1.90 bits per heavy atom. The maximum absolute atomic E-state index is 5.52. The van der Waals surface area contributed by atoms with Crippen LogP contribution < -0.4 is 4.74 Å². The summed E-state index contributed by atoms with van der Waals surface area (Å²) < 4.78 is 6.62. The minimum atomic E-state index is 0.531. The van der Waals surface area contributed by atoms with Gasteiger partial charge in [-0.1, -0.05) is 56.5 Å². The fourth-order valence-corrected chi connectivity index (χ4v) is 2.85. The highest BCUT2D eigenvalue weighted by Gasteiger charge is 2.02. The number of rotatable bonds is 5. The van der Waals surface area contributed by atoms with Gasteiger partial charge in [-0.25, -0.2) is 0 Å². The molecule has 0 aliphatic heterocycles. The van der Waals surface area contributed by atoms with Crippen LogP contribution in [0.3, 0.4) is 0 Å². The Morgan fingerprint density at radius 1 is 1.15 bits per heavy atom. The van der Waals surface area contributed by atoms with E-state index >= 15 is 0 Å². The fraction of sp³-hybridized carbons (Fsp3) is 0.176. The lowest BCUT2D eigenvalue weighted by molar-refractivity contribution is 0.362. The summed E-state index contributed by atoms with van der Waals surface area (Å²) >= 11 is 5.26. The van der Waals surface area contributed by atoms with Crippen molar-refractivity contribution in [3.63, 3.8) is 0 Å². The minimum Gasteiger partial charge on any atom is -0.490 e. The molecule has 2 aromatic carbocycles. The Morgan fingerprint density at radius 3 is 2.60 bits per heavy atom. The molecule has 0 heterocycles. The monoisotopic (exact) mass is 350 g/mol. The largest absolute Gasteiger partial charge is 0.490 e. The zero-order chi connectivity index (χ0) is 14.8. The van der Waals surface area contributed by atoms with Crippen LogP contribution in [0.5, 0.6) is 5.75 Å². The zero-order valence-corrected chi connectivity index (χ0v) is 14.2. The molecule has 0 radical (unpaired) electrons. The van der Waals surface area contributed by atoms with Gasteiger partial charge in [-0.15, -0.1) is 0 Å². The molecule has 0 fully saturated rings. The van der Waals surface area contributed by atoms with Crippen LogP contribution in [0.2, 0.25) is 0 Å². The Balaban J connectivity index is 0.000000956. The number of benzene rings is 2. The first-order valence-corrected chi connectivity index (χ1v) is 8.16. The lowest BCUT2D eigenvalue weighted by atomic mass is 10.3. The quantitative estimate of drug-likeness (QED) is 0.594. The second kappa shape index (κ2) is 9.67. The van der Waals surface area contributed by atoms with E-state index in [9.17, 15) is 0 Å². The predicted molar refractivity (Wildman–Crippen MR) is 91.7 cm³/mol. The smallest absolute Gasteiger partial charge is 0.120 e. The van der Waals surface area contributed by atoms with Gasteiger partial charge in [-0.05, 0) is 46.3 Å². The van der Waals surface area contributed by atoms with E-state index in [0.717, 1.165) is 15.1 Å². The highest BCUT2D eigenvalue weighted by Crippen LogP contribution is 2.34. The molecule has 20 heavy (non-hydrogen) atoms. The fourth-order valence-electron chi connectivity index (χ4n) is 1.44. The summed E-state index contributed by atoms with van der Waals surface area (Å²) in [6.07, 6.45) is 1.74.